The highest BCUT2D eigenvalue weighted by molar-refractivity contribution is 6.00. The number of H-pyrrole nitrogens is 1. The molecule has 0 amide bonds. The Kier molecular flexibility index (Phi) is 2.71. The molecule has 2 aliphatic carbocycles. The summed E-state index contributed by atoms with van der Waals surface area (Å²) in [6, 6.07) is 5.07. The number of carboxylic acids is 1. The molecular weight excluding hydrogens is 268 g/mol. The Bertz CT molecular complexity index is 753. The number of aromatic amines is 1. The lowest BCUT2D eigenvalue weighted by Gasteiger charge is -2.16. The number of nitrogens with zero attached hydrogens (tertiary/aromatic N) is 1. The first-order valence-electron chi connectivity index (χ1n) is 7.60. The number of nitrogens with one attached hydrogen (secondary N) is 1. The first-order valence-corrected chi connectivity index (χ1v) is 7.60. The van der Waals surface area contributed by atoms with Gasteiger partial charge >= 0.3 is 11.7 Å². The summed E-state index contributed by atoms with van der Waals surface area (Å²) in [6.45, 7) is 0.719. The smallest absolute Gasteiger partial charge is 0.337 e. The Hall–Kier alpha value is -2.04. The van der Waals surface area contributed by atoms with Crippen molar-refractivity contribution in [1.29, 1.82) is 0 Å². The molecule has 0 atom stereocenters. The van der Waals surface area contributed by atoms with Gasteiger partial charge < -0.3 is 10.1 Å². The molecule has 5 heteroatoms. The maximum absolute atomic E-state index is 12.2. The highest BCUT2D eigenvalue weighted by Gasteiger charge is 2.41. The molecule has 0 radical (unpaired) electrons. The van der Waals surface area contributed by atoms with Gasteiger partial charge in [0, 0.05) is 6.54 Å². The number of imidazole rings is 1. The van der Waals surface area contributed by atoms with Crippen molar-refractivity contribution in [3.63, 3.8) is 0 Å². The molecule has 1 aromatic carbocycles. The molecule has 0 saturated heterocycles. The van der Waals surface area contributed by atoms with Crippen LogP contribution in [0.3, 0.4) is 0 Å². The molecule has 0 aliphatic heterocycles. The Labute approximate surface area is 121 Å². The third-order valence-electron chi connectivity index (χ3n) is 4.89. The fraction of sp³-hybridized carbons (Fsp3) is 0.500. The van der Waals surface area contributed by atoms with Crippen LogP contribution in [-0.2, 0) is 6.54 Å². The van der Waals surface area contributed by atoms with E-state index in [-0.39, 0.29) is 11.3 Å². The predicted octanol–water partition coefficient (Wildman–Crippen LogP) is 2.46. The molecule has 4 rings (SSSR count). The molecule has 5 nitrogen and oxygen atoms in total. The molecule has 1 heterocycles. The van der Waals surface area contributed by atoms with Gasteiger partial charge in [-0.2, -0.15) is 0 Å². The SMILES string of the molecule is O=C(O)c1cccc2c1[nH]c(=O)n2CC(C1CC1)C1CC1. The molecule has 2 aromatic rings. The summed E-state index contributed by atoms with van der Waals surface area (Å²) in [5, 5.41) is 9.23. The summed E-state index contributed by atoms with van der Waals surface area (Å²) in [5.74, 6) is 1.10. The average molecular weight is 286 g/mol. The zero-order valence-corrected chi connectivity index (χ0v) is 11.7. The number of carbonyl (C=O) groups is 1. The van der Waals surface area contributed by atoms with Gasteiger partial charge in [0.1, 0.15) is 0 Å². The summed E-state index contributed by atoms with van der Waals surface area (Å²) in [7, 11) is 0. The van der Waals surface area contributed by atoms with E-state index in [9.17, 15) is 14.7 Å². The second-order valence-electron chi connectivity index (χ2n) is 6.38. The molecule has 0 unspecified atom stereocenters. The molecule has 0 spiro atoms. The molecule has 2 N–H and O–H groups in total. The zero-order valence-electron chi connectivity index (χ0n) is 11.7. The van der Waals surface area contributed by atoms with Crippen molar-refractivity contribution in [2.45, 2.75) is 32.2 Å². The highest BCUT2D eigenvalue weighted by atomic mass is 16.4. The van der Waals surface area contributed by atoms with Crippen molar-refractivity contribution in [3.8, 4) is 0 Å². The number of para-hydroxylation sites is 1. The van der Waals surface area contributed by atoms with E-state index in [0.717, 1.165) is 18.4 Å². The van der Waals surface area contributed by atoms with E-state index in [4.69, 9.17) is 0 Å². The normalized spacial score (nSPS) is 18.5. The van der Waals surface area contributed by atoms with Crippen LogP contribution in [0.5, 0.6) is 0 Å². The molecule has 1 aromatic heterocycles. The molecule has 2 fully saturated rings. The van der Waals surface area contributed by atoms with Gasteiger partial charge in [0.15, 0.2) is 0 Å². The first kappa shape index (κ1) is 12.7. The van der Waals surface area contributed by atoms with Crippen LogP contribution >= 0.6 is 0 Å². The second-order valence-corrected chi connectivity index (χ2v) is 6.38. The van der Waals surface area contributed by atoms with Crippen molar-refractivity contribution in [2.75, 3.05) is 0 Å². The van der Waals surface area contributed by atoms with E-state index >= 15 is 0 Å². The molecule has 110 valence electrons. The van der Waals surface area contributed by atoms with Crippen molar-refractivity contribution in [1.82, 2.24) is 9.55 Å². The first-order chi connectivity index (χ1) is 10.1. The van der Waals surface area contributed by atoms with Gasteiger partial charge in [-0.1, -0.05) is 6.07 Å². The van der Waals surface area contributed by atoms with E-state index in [0.29, 0.717) is 17.0 Å². The quantitative estimate of drug-likeness (QED) is 0.886. The zero-order chi connectivity index (χ0) is 14.6. The molecular formula is C16H18N2O3. The number of benzene rings is 1. The lowest BCUT2D eigenvalue weighted by Crippen LogP contribution is -2.23. The summed E-state index contributed by atoms with van der Waals surface area (Å²) in [5.41, 5.74) is 1.13. The second kappa shape index (κ2) is 4.48. The van der Waals surface area contributed by atoms with E-state index in [1.165, 1.54) is 31.7 Å². The van der Waals surface area contributed by atoms with E-state index < -0.39 is 5.97 Å². The van der Waals surface area contributed by atoms with Crippen molar-refractivity contribution in [2.24, 2.45) is 17.8 Å². The van der Waals surface area contributed by atoms with Crippen LogP contribution in [-0.4, -0.2) is 20.6 Å². The minimum atomic E-state index is -1.00. The van der Waals surface area contributed by atoms with Gasteiger partial charge in [-0.15, -0.1) is 0 Å². The third-order valence-corrected chi connectivity index (χ3v) is 4.89. The van der Waals surface area contributed by atoms with E-state index in [1.807, 2.05) is 6.07 Å². The van der Waals surface area contributed by atoms with Gasteiger partial charge in [-0.25, -0.2) is 9.59 Å². The molecule has 21 heavy (non-hydrogen) atoms. The number of fused-ring (bicyclic) bond motifs is 1. The summed E-state index contributed by atoms with van der Waals surface area (Å²) in [4.78, 5) is 26.2. The largest absolute Gasteiger partial charge is 0.478 e. The number of aromatic carboxylic acids is 1. The van der Waals surface area contributed by atoms with Crippen molar-refractivity contribution < 1.29 is 9.90 Å². The van der Waals surface area contributed by atoms with E-state index in [2.05, 4.69) is 4.98 Å². The van der Waals surface area contributed by atoms with Crippen molar-refractivity contribution in [3.05, 3.63) is 34.2 Å². The number of carboxylic acid groups (broad SMARTS) is 1. The van der Waals surface area contributed by atoms with E-state index in [1.54, 1.807) is 10.6 Å². The maximum Gasteiger partial charge on any atom is 0.337 e. The fourth-order valence-electron chi connectivity index (χ4n) is 3.48. The van der Waals surface area contributed by atoms with Crippen LogP contribution in [0.4, 0.5) is 0 Å². The summed E-state index contributed by atoms with van der Waals surface area (Å²) >= 11 is 0. The van der Waals surface area contributed by atoms with Gasteiger partial charge in [0.2, 0.25) is 0 Å². The Balaban J connectivity index is 1.77. The Morgan fingerprint density at radius 1 is 1.29 bits per heavy atom. The predicted molar refractivity (Wildman–Crippen MR) is 78.5 cm³/mol. The Morgan fingerprint density at radius 2 is 1.95 bits per heavy atom. The minimum Gasteiger partial charge on any atom is -0.478 e. The monoisotopic (exact) mass is 286 g/mol. The van der Waals surface area contributed by atoms with Crippen LogP contribution in [0.2, 0.25) is 0 Å². The number of aromatic nitrogens is 2. The minimum absolute atomic E-state index is 0.165. The average Bonchev–Trinajstić information content (AvgIpc) is 3.34. The van der Waals surface area contributed by atoms with Gasteiger partial charge in [-0.05, 0) is 55.6 Å². The molecule has 2 aliphatic rings. The van der Waals surface area contributed by atoms with Gasteiger partial charge in [-0.3, -0.25) is 4.57 Å². The standard InChI is InChI=1S/C16H18N2O3/c19-15(20)11-2-1-3-13-14(11)17-16(21)18(13)8-12(9-4-5-9)10-6-7-10/h1-3,9-10,12H,4-8H2,(H,17,21)(H,19,20). The lowest BCUT2D eigenvalue weighted by atomic mass is 9.98. The van der Waals surface area contributed by atoms with Crippen LogP contribution in [0.15, 0.2) is 23.0 Å². The van der Waals surface area contributed by atoms with Crippen LogP contribution in [0.25, 0.3) is 11.0 Å². The van der Waals surface area contributed by atoms with Crippen LogP contribution in [0.1, 0.15) is 36.0 Å². The van der Waals surface area contributed by atoms with Gasteiger partial charge in [0.05, 0.1) is 16.6 Å². The van der Waals surface area contributed by atoms with Crippen LogP contribution < -0.4 is 5.69 Å². The van der Waals surface area contributed by atoms with Gasteiger partial charge in [0.25, 0.3) is 0 Å². The third kappa shape index (κ3) is 2.17. The molecule has 2 saturated carbocycles. The lowest BCUT2D eigenvalue weighted by molar-refractivity contribution is 0.0699. The Morgan fingerprint density at radius 3 is 2.52 bits per heavy atom. The maximum atomic E-state index is 12.2. The summed E-state index contributed by atoms with van der Waals surface area (Å²) < 4.78 is 1.74. The topological polar surface area (TPSA) is 75.1 Å². The number of hydrogen-bond donors (Lipinski definition) is 2. The number of rotatable bonds is 5. The summed E-state index contributed by atoms with van der Waals surface area (Å²) in [6.07, 6.45) is 5.11. The van der Waals surface area contributed by atoms with Crippen LogP contribution in [0, 0.1) is 17.8 Å². The highest BCUT2D eigenvalue weighted by Crippen LogP contribution is 2.49. The fourth-order valence-corrected chi connectivity index (χ4v) is 3.48. The van der Waals surface area contributed by atoms with Crippen molar-refractivity contribution >= 4 is 17.0 Å². The number of hydrogen-bond acceptors (Lipinski definition) is 2. The molecule has 0 bridgehead atoms.